The Kier molecular flexibility index (Phi) is 4.83. The van der Waals surface area contributed by atoms with E-state index in [9.17, 15) is 0 Å². The Hall–Kier alpha value is -1.82. The number of rotatable bonds is 4. The minimum absolute atomic E-state index is 0.366. The summed E-state index contributed by atoms with van der Waals surface area (Å²) in [6.07, 6.45) is 7.91. The van der Waals surface area contributed by atoms with Gasteiger partial charge in [0.05, 0.1) is 12.7 Å². The van der Waals surface area contributed by atoms with Crippen molar-refractivity contribution in [2.24, 2.45) is 5.92 Å². The van der Waals surface area contributed by atoms with E-state index in [0.717, 1.165) is 45.9 Å². The number of ether oxygens (including phenoxy) is 1. The highest BCUT2D eigenvalue weighted by Gasteiger charge is 2.36. The molecule has 0 saturated carbocycles. The SMILES string of the molecule is c1cncc(CN2CCO[C@@H]3CN(Cc4ccncc4)C[C@@H]3C2)c1. The van der Waals surface area contributed by atoms with Gasteiger partial charge in [-0.15, -0.1) is 0 Å². The standard InChI is InChI=1S/C19H24N4O/c1-2-17(10-21-5-1)12-22-8-9-24-19-15-23(14-18(19)13-22)11-16-3-6-20-7-4-16/h1-7,10,18-19H,8-9,11-15H2/t18-,19+/m0/s1. The Morgan fingerprint density at radius 1 is 0.917 bits per heavy atom. The van der Waals surface area contributed by atoms with Crippen LogP contribution in [0.4, 0.5) is 0 Å². The quantitative estimate of drug-likeness (QED) is 0.858. The van der Waals surface area contributed by atoms with Crippen LogP contribution in [0.5, 0.6) is 0 Å². The van der Waals surface area contributed by atoms with Gasteiger partial charge in [-0.3, -0.25) is 19.8 Å². The number of hydrogen-bond acceptors (Lipinski definition) is 5. The lowest BCUT2D eigenvalue weighted by Gasteiger charge is -2.23. The number of likely N-dealkylation sites (tertiary alicyclic amines) is 1. The molecule has 2 aromatic rings. The third-order valence-electron chi connectivity index (χ3n) is 4.97. The molecule has 2 aliphatic rings. The lowest BCUT2D eigenvalue weighted by atomic mass is 10.1. The zero-order valence-electron chi connectivity index (χ0n) is 13.9. The van der Waals surface area contributed by atoms with Crippen LogP contribution in [0.3, 0.4) is 0 Å². The maximum atomic E-state index is 6.15. The molecule has 0 spiro atoms. The predicted molar refractivity (Wildman–Crippen MR) is 92.3 cm³/mol. The molecule has 0 aliphatic carbocycles. The van der Waals surface area contributed by atoms with Crippen LogP contribution in [0.15, 0.2) is 49.1 Å². The molecule has 126 valence electrons. The zero-order chi connectivity index (χ0) is 16.2. The summed E-state index contributed by atoms with van der Waals surface area (Å²) in [7, 11) is 0. The van der Waals surface area contributed by atoms with Crippen molar-refractivity contribution in [3.8, 4) is 0 Å². The van der Waals surface area contributed by atoms with Crippen molar-refractivity contribution in [1.29, 1.82) is 0 Å². The first-order valence-electron chi connectivity index (χ1n) is 8.71. The van der Waals surface area contributed by atoms with Gasteiger partial charge in [0.15, 0.2) is 0 Å². The van der Waals surface area contributed by atoms with E-state index in [4.69, 9.17) is 4.74 Å². The van der Waals surface area contributed by atoms with Crippen LogP contribution in [-0.4, -0.2) is 58.7 Å². The van der Waals surface area contributed by atoms with Crippen molar-refractivity contribution in [3.05, 3.63) is 60.2 Å². The summed E-state index contributed by atoms with van der Waals surface area (Å²) < 4.78 is 6.15. The van der Waals surface area contributed by atoms with E-state index in [2.05, 4.69) is 38.0 Å². The summed E-state index contributed by atoms with van der Waals surface area (Å²) in [6, 6.07) is 8.37. The topological polar surface area (TPSA) is 41.5 Å². The minimum atomic E-state index is 0.366. The number of nitrogens with zero attached hydrogens (tertiary/aromatic N) is 4. The third-order valence-corrected chi connectivity index (χ3v) is 4.97. The van der Waals surface area contributed by atoms with Gasteiger partial charge in [0.1, 0.15) is 0 Å². The first kappa shape index (κ1) is 15.7. The first-order valence-corrected chi connectivity index (χ1v) is 8.71. The maximum Gasteiger partial charge on any atom is 0.0755 e. The van der Waals surface area contributed by atoms with E-state index in [0.29, 0.717) is 12.0 Å². The monoisotopic (exact) mass is 324 g/mol. The first-order chi connectivity index (χ1) is 11.9. The summed E-state index contributed by atoms with van der Waals surface area (Å²) in [6.45, 7) is 7.03. The van der Waals surface area contributed by atoms with Crippen molar-refractivity contribution in [2.75, 3.05) is 32.8 Å². The van der Waals surface area contributed by atoms with E-state index in [1.54, 1.807) is 0 Å². The normalized spacial score (nSPS) is 25.3. The molecule has 4 heterocycles. The summed E-state index contributed by atoms with van der Waals surface area (Å²) in [5.74, 6) is 0.589. The summed E-state index contributed by atoms with van der Waals surface area (Å²) >= 11 is 0. The summed E-state index contributed by atoms with van der Waals surface area (Å²) in [5, 5.41) is 0. The Morgan fingerprint density at radius 2 is 1.75 bits per heavy atom. The molecule has 2 fully saturated rings. The van der Waals surface area contributed by atoms with Crippen LogP contribution < -0.4 is 0 Å². The van der Waals surface area contributed by atoms with Crippen molar-refractivity contribution in [2.45, 2.75) is 19.2 Å². The van der Waals surface area contributed by atoms with Gasteiger partial charge >= 0.3 is 0 Å². The second kappa shape index (κ2) is 7.38. The Bertz CT molecular complexity index is 636. The average Bonchev–Trinajstić information content (AvgIpc) is 2.88. The van der Waals surface area contributed by atoms with E-state index in [1.165, 1.54) is 11.1 Å². The average molecular weight is 324 g/mol. The number of aromatic nitrogens is 2. The number of fused-ring (bicyclic) bond motifs is 1. The lowest BCUT2D eigenvalue weighted by molar-refractivity contribution is 0.0510. The lowest BCUT2D eigenvalue weighted by Crippen LogP contribution is -2.32. The molecular weight excluding hydrogens is 300 g/mol. The van der Waals surface area contributed by atoms with Crippen LogP contribution in [0, 0.1) is 5.92 Å². The van der Waals surface area contributed by atoms with Gasteiger partial charge < -0.3 is 4.74 Å². The summed E-state index contributed by atoms with van der Waals surface area (Å²) in [4.78, 5) is 13.4. The van der Waals surface area contributed by atoms with Gasteiger partial charge in [-0.05, 0) is 29.3 Å². The van der Waals surface area contributed by atoms with Gasteiger partial charge in [-0.25, -0.2) is 0 Å². The molecule has 0 radical (unpaired) electrons. The Morgan fingerprint density at radius 3 is 2.58 bits per heavy atom. The number of hydrogen-bond donors (Lipinski definition) is 0. The molecule has 24 heavy (non-hydrogen) atoms. The highest BCUT2D eigenvalue weighted by atomic mass is 16.5. The smallest absolute Gasteiger partial charge is 0.0755 e. The molecule has 0 unspecified atom stereocenters. The van der Waals surface area contributed by atoms with E-state index in [1.807, 2.05) is 30.9 Å². The van der Waals surface area contributed by atoms with Crippen LogP contribution in [0.25, 0.3) is 0 Å². The fourth-order valence-electron chi connectivity index (χ4n) is 3.82. The van der Waals surface area contributed by atoms with Gasteiger partial charge in [0.2, 0.25) is 0 Å². The van der Waals surface area contributed by atoms with Crippen molar-refractivity contribution in [1.82, 2.24) is 19.8 Å². The zero-order valence-corrected chi connectivity index (χ0v) is 13.9. The van der Waals surface area contributed by atoms with Gasteiger partial charge in [0, 0.05) is 70.0 Å². The van der Waals surface area contributed by atoms with Gasteiger partial charge in [0.25, 0.3) is 0 Å². The van der Waals surface area contributed by atoms with E-state index < -0.39 is 0 Å². The highest BCUT2D eigenvalue weighted by molar-refractivity contribution is 5.10. The molecule has 0 N–H and O–H groups in total. The van der Waals surface area contributed by atoms with Crippen LogP contribution in [0.1, 0.15) is 11.1 Å². The molecule has 5 heteroatoms. The number of pyridine rings is 2. The molecule has 5 nitrogen and oxygen atoms in total. The summed E-state index contributed by atoms with van der Waals surface area (Å²) in [5.41, 5.74) is 2.61. The largest absolute Gasteiger partial charge is 0.375 e. The minimum Gasteiger partial charge on any atom is -0.375 e. The van der Waals surface area contributed by atoms with Crippen LogP contribution in [0.2, 0.25) is 0 Å². The second-order valence-electron chi connectivity index (χ2n) is 6.82. The maximum absolute atomic E-state index is 6.15. The molecule has 0 amide bonds. The molecule has 2 atom stereocenters. The molecule has 4 rings (SSSR count). The van der Waals surface area contributed by atoms with Crippen molar-refractivity contribution in [3.63, 3.8) is 0 Å². The molecule has 0 bridgehead atoms. The van der Waals surface area contributed by atoms with Crippen molar-refractivity contribution >= 4 is 0 Å². The van der Waals surface area contributed by atoms with E-state index in [-0.39, 0.29) is 0 Å². The molecular formula is C19H24N4O. The fraction of sp³-hybridized carbons (Fsp3) is 0.474. The molecule has 2 aromatic heterocycles. The molecule has 2 aliphatic heterocycles. The van der Waals surface area contributed by atoms with Crippen LogP contribution >= 0.6 is 0 Å². The van der Waals surface area contributed by atoms with Crippen LogP contribution in [-0.2, 0) is 17.8 Å². The van der Waals surface area contributed by atoms with Gasteiger partial charge in [-0.1, -0.05) is 6.07 Å². The Balaban J connectivity index is 1.36. The fourth-order valence-corrected chi connectivity index (χ4v) is 3.82. The molecule has 2 saturated heterocycles. The third kappa shape index (κ3) is 3.80. The second-order valence-corrected chi connectivity index (χ2v) is 6.82. The predicted octanol–water partition coefficient (Wildman–Crippen LogP) is 1.81. The Labute approximate surface area is 143 Å². The van der Waals surface area contributed by atoms with E-state index >= 15 is 0 Å². The highest BCUT2D eigenvalue weighted by Crippen LogP contribution is 2.25. The van der Waals surface area contributed by atoms with Gasteiger partial charge in [-0.2, -0.15) is 0 Å². The molecule has 0 aromatic carbocycles. The van der Waals surface area contributed by atoms with Crippen molar-refractivity contribution < 1.29 is 4.74 Å².